The smallest absolute Gasteiger partial charge is 0.225 e. The van der Waals surface area contributed by atoms with Gasteiger partial charge in [0, 0.05) is 22.6 Å². The lowest BCUT2D eigenvalue weighted by atomic mass is 9.90. The second kappa shape index (κ2) is 6.96. The number of hydrogen-bond donors (Lipinski definition) is 2. The molecular formula is C20H17NO5S2. The fourth-order valence-electron chi connectivity index (χ4n) is 3.31. The Bertz CT molecular complexity index is 1150. The Morgan fingerprint density at radius 1 is 1.18 bits per heavy atom. The molecule has 4 rings (SSSR count). The number of ether oxygens (including phenoxy) is 1. The first kappa shape index (κ1) is 18.5. The summed E-state index contributed by atoms with van der Waals surface area (Å²) in [5.41, 5.74) is 1.11. The first-order valence-electron chi connectivity index (χ1n) is 8.50. The zero-order valence-corrected chi connectivity index (χ0v) is 16.5. The summed E-state index contributed by atoms with van der Waals surface area (Å²) in [5, 5.41) is 14.1. The topological polar surface area (TPSA) is 92.7 Å². The van der Waals surface area contributed by atoms with Gasteiger partial charge in [-0.25, -0.2) is 8.42 Å². The van der Waals surface area contributed by atoms with Crippen LogP contribution in [0.15, 0.2) is 63.7 Å². The van der Waals surface area contributed by atoms with Gasteiger partial charge in [0.1, 0.15) is 4.90 Å². The van der Waals surface area contributed by atoms with Crippen molar-refractivity contribution in [3.8, 4) is 11.5 Å². The van der Waals surface area contributed by atoms with E-state index in [-0.39, 0.29) is 33.8 Å². The number of nitrogens with one attached hydrogen (secondary N) is 1. The molecule has 6 nitrogen and oxygen atoms in total. The standard InChI is InChI=1S/C20H17NO5S2/c1-26-16-9-12(7-8-15(16)22)14-10-18(23)21-19-17(11-27-20(14)19)28(24,25)13-5-3-2-4-6-13/h2-9,11,14,22H,10H2,1H3,(H,21,23)/t14-/m1/s1. The number of phenols is 1. The van der Waals surface area contributed by atoms with Crippen LogP contribution in [0.1, 0.15) is 22.8 Å². The average molecular weight is 415 g/mol. The van der Waals surface area contributed by atoms with Crippen molar-refractivity contribution in [2.24, 2.45) is 0 Å². The summed E-state index contributed by atoms with van der Waals surface area (Å²) >= 11 is 1.30. The van der Waals surface area contributed by atoms with E-state index in [1.165, 1.54) is 36.6 Å². The van der Waals surface area contributed by atoms with Crippen LogP contribution >= 0.6 is 11.3 Å². The van der Waals surface area contributed by atoms with E-state index in [4.69, 9.17) is 4.74 Å². The normalized spacial score (nSPS) is 16.3. The Kier molecular flexibility index (Phi) is 4.60. The van der Waals surface area contributed by atoms with Crippen molar-refractivity contribution in [2.75, 3.05) is 12.4 Å². The minimum absolute atomic E-state index is 0.00487. The van der Waals surface area contributed by atoms with Crippen LogP contribution in [0.3, 0.4) is 0 Å². The Hall–Kier alpha value is -2.84. The van der Waals surface area contributed by atoms with Gasteiger partial charge in [0.15, 0.2) is 11.5 Å². The lowest BCUT2D eigenvalue weighted by molar-refractivity contribution is -0.116. The van der Waals surface area contributed by atoms with E-state index >= 15 is 0 Å². The summed E-state index contributed by atoms with van der Waals surface area (Å²) in [7, 11) is -2.30. The molecule has 2 heterocycles. The Morgan fingerprint density at radius 3 is 2.64 bits per heavy atom. The summed E-state index contributed by atoms with van der Waals surface area (Å²) < 4.78 is 31.3. The monoisotopic (exact) mass is 415 g/mol. The first-order valence-corrected chi connectivity index (χ1v) is 10.9. The van der Waals surface area contributed by atoms with Gasteiger partial charge >= 0.3 is 0 Å². The molecule has 0 saturated carbocycles. The fourth-order valence-corrected chi connectivity index (χ4v) is 6.24. The van der Waals surface area contributed by atoms with Crippen LogP contribution in [0.2, 0.25) is 0 Å². The zero-order chi connectivity index (χ0) is 19.9. The number of fused-ring (bicyclic) bond motifs is 1. The number of amides is 1. The molecule has 0 fully saturated rings. The van der Waals surface area contributed by atoms with Gasteiger partial charge in [-0.05, 0) is 29.8 Å². The van der Waals surface area contributed by atoms with Crippen molar-refractivity contribution in [3.63, 3.8) is 0 Å². The number of aromatic hydroxyl groups is 1. The molecule has 3 aromatic rings. The molecule has 1 aromatic heterocycles. The molecule has 0 unspecified atom stereocenters. The molecule has 8 heteroatoms. The number of thiophene rings is 1. The van der Waals surface area contributed by atoms with Crippen LogP contribution in [0.4, 0.5) is 5.69 Å². The molecule has 1 aliphatic heterocycles. The average Bonchev–Trinajstić information content (AvgIpc) is 3.13. The molecule has 0 saturated heterocycles. The molecule has 1 amide bonds. The van der Waals surface area contributed by atoms with E-state index < -0.39 is 9.84 Å². The van der Waals surface area contributed by atoms with Crippen LogP contribution in [-0.4, -0.2) is 26.5 Å². The van der Waals surface area contributed by atoms with Crippen LogP contribution < -0.4 is 10.1 Å². The predicted molar refractivity (Wildman–Crippen MR) is 106 cm³/mol. The molecule has 0 spiro atoms. The van der Waals surface area contributed by atoms with E-state index in [2.05, 4.69) is 5.32 Å². The number of sulfone groups is 1. The maximum atomic E-state index is 13.1. The minimum Gasteiger partial charge on any atom is -0.504 e. The van der Waals surface area contributed by atoms with Crippen molar-refractivity contribution < 1.29 is 23.1 Å². The largest absolute Gasteiger partial charge is 0.504 e. The summed E-state index contributed by atoms with van der Waals surface area (Å²) in [5.74, 6) is -0.264. The maximum absolute atomic E-state index is 13.1. The molecule has 1 atom stereocenters. The Balaban J connectivity index is 1.83. The van der Waals surface area contributed by atoms with E-state index in [1.54, 1.807) is 35.7 Å². The van der Waals surface area contributed by atoms with Gasteiger partial charge in [-0.2, -0.15) is 0 Å². The lowest BCUT2D eigenvalue weighted by Crippen LogP contribution is -2.23. The summed E-state index contributed by atoms with van der Waals surface area (Å²) in [6, 6.07) is 13.0. The van der Waals surface area contributed by atoms with Gasteiger partial charge in [0.25, 0.3) is 0 Å². The second-order valence-corrected chi connectivity index (χ2v) is 9.22. The summed E-state index contributed by atoms with van der Waals surface area (Å²) in [4.78, 5) is 13.4. The molecule has 144 valence electrons. The fraction of sp³-hybridized carbons (Fsp3) is 0.150. The molecule has 0 aliphatic carbocycles. The Morgan fingerprint density at radius 2 is 1.93 bits per heavy atom. The van der Waals surface area contributed by atoms with E-state index in [0.717, 1.165) is 10.4 Å². The molecule has 1 aliphatic rings. The van der Waals surface area contributed by atoms with Crippen molar-refractivity contribution in [1.29, 1.82) is 0 Å². The number of benzene rings is 2. The maximum Gasteiger partial charge on any atom is 0.225 e. The van der Waals surface area contributed by atoms with Gasteiger partial charge in [-0.3, -0.25) is 4.79 Å². The van der Waals surface area contributed by atoms with Gasteiger partial charge < -0.3 is 15.2 Å². The zero-order valence-electron chi connectivity index (χ0n) is 14.9. The van der Waals surface area contributed by atoms with E-state index in [9.17, 15) is 18.3 Å². The molecule has 28 heavy (non-hydrogen) atoms. The first-order chi connectivity index (χ1) is 13.4. The van der Waals surface area contributed by atoms with Gasteiger partial charge in [0.2, 0.25) is 15.7 Å². The second-order valence-electron chi connectivity index (χ2n) is 6.39. The number of hydrogen-bond acceptors (Lipinski definition) is 6. The van der Waals surface area contributed by atoms with Gasteiger partial charge in [-0.15, -0.1) is 11.3 Å². The number of rotatable bonds is 4. The third kappa shape index (κ3) is 3.04. The SMILES string of the molecule is COc1cc([C@H]2CC(=O)Nc3c(S(=O)(=O)c4ccccc4)csc32)ccc1O. The Labute approximate surface area is 166 Å². The molecule has 2 N–H and O–H groups in total. The molecule has 0 radical (unpaired) electrons. The predicted octanol–water partition coefficient (Wildman–Crippen LogP) is 3.77. The van der Waals surface area contributed by atoms with Gasteiger partial charge in [-0.1, -0.05) is 24.3 Å². The molecule has 0 bridgehead atoms. The third-order valence-electron chi connectivity index (χ3n) is 4.71. The number of phenolic OH excluding ortho intramolecular Hbond substituents is 1. The van der Waals surface area contributed by atoms with Gasteiger partial charge in [0.05, 0.1) is 17.7 Å². The highest BCUT2D eigenvalue weighted by molar-refractivity contribution is 7.91. The summed E-state index contributed by atoms with van der Waals surface area (Å²) in [6.45, 7) is 0. The van der Waals surface area contributed by atoms with Crippen molar-refractivity contribution in [2.45, 2.75) is 22.1 Å². The highest BCUT2D eigenvalue weighted by Crippen LogP contribution is 2.46. The number of anilines is 1. The number of carbonyl (C=O) groups excluding carboxylic acids is 1. The van der Waals surface area contributed by atoms with Crippen LogP contribution in [0.5, 0.6) is 11.5 Å². The van der Waals surface area contributed by atoms with Crippen LogP contribution in [0, 0.1) is 0 Å². The molecule has 2 aromatic carbocycles. The summed E-state index contributed by atoms with van der Waals surface area (Å²) in [6.07, 6.45) is 0.187. The number of methoxy groups -OCH3 is 1. The van der Waals surface area contributed by atoms with E-state index in [1.807, 2.05) is 0 Å². The minimum atomic E-state index is -3.75. The van der Waals surface area contributed by atoms with Crippen molar-refractivity contribution in [3.05, 3.63) is 64.4 Å². The highest BCUT2D eigenvalue weighted by Gasteiger charge is 2.34. The van der Waals surface area contributed by atoms with Crippen LogP contribution in [0.25, 0.3) is 0 Å². The van der Waals surface area contributed by atoms with E-state index in [0.29, 0.717) is 11.4 Å². The van der Waals surface area contributed by atoms with Crippen LogP contribution in [-0.2, 0) is 14.6 Å². The van der Waals surface area contributed by atoms with Crippen molar-refractivity contribution in [1.82, 2.24) is 0 Å². The molecular weight excluding hydrogens is 398 g/mol. The van der Waals surface area contributed by atoms with Crippen molar-refractivity contribution >= 4 is 32.8 Å². The number of carbonyl (C=O) groups is 1. The highest BCUT2D eigenvalue weighted by atomic mass is 32.2. The lowest BCUT2D eigenvalue weighted by Gasteiger charge is -2.24. The quantitative estimate of drug-likeness (QED) is 0.677. The third-order valence-corrected chi connectivity index (χ3v) is 7.74.